The molecule has 1 heterocycles. The number of hydrogen-bond acceptors (Lipinski definition) is 3. The van der Waals surface area contributed by atoms with Crippen molar-refractivity contribution < 1.29 is 9.21 Å². The van der Waals surface area contributed by atoms with Gasteiger partial charge in [0.2, 0.25) is 0 Å². The number of carbonyl (C=O) groups excluding carboxylic acids is 1. The third-order valence-corrected chi connectivity index (χ3v) is 3.61. The Morgan fingerprint density at radius 1 is 1.04 bits per heavy atom. The van der Waals surface area contributed by atoms with Crippen molar-refractivity contribution in [3.8, 4) is 0 Å². The fraction of sp³-hybridized carbons (Fsp3) is 0.0526. The van der Waals surface area contributed by atoms with Gasteiger partial charge in [0.1, 0.15) is 5.58 Å². The summed E-state index contributed by atoms with van der Waals surface area (Å²) in [6.45, 7) is 5.52. The van der Waals surface area contributed by atoms with E-state index in [-0.39, 0.29) is 6.03 Å². The van der Waals surface area contributed by atoms with E-state index in [1.807, 2.05) is 25.1 Å². The second kappa shape index (κ2) is 6.42. The van der Waals surface area contributed by atoms with Crippen LogP contribution in [0.25, 0.3) is 17.0 Å². The van der Waals surface area contributed by atoms with Gasteiger partial charge in [-0.1, -0.05) is 24.8 Å². The van der Waals surface area contributed by atoms with Gasteiger partial charge in [0.15, 0.2) is 0 Å². The molecular weight excluding hydrogens is 304 g/mol. The van der Waals surface area contributed by atoms with Crippen molar-refractivity contribution in [2.45, 2.75) is 6.92 Å². The highest BCUT2D eigenvalue weighted by Gasteiger charge is 2.06. The Balaban J connectivity index is 1.77. The lowest BCUT2D eigenvalue weighted by Crippen LogP contribution is -2.19. The molecule has 0 aliphatic rings. The van der Waals surface area contributed by atoms with Crippen LogP contribution in [0.1, 0.15) is 11.1 Å². The Morgan fingerprint density at radius 2 is 1.71 bits per heavy atom. The van der Waals surface area contributed by atoms with Crippen LogP contribution in [0.2, 0.25) is 0 Å². The van der Waals surface area contributed by atoms with E-state index in [0.717, 1.165) is 16.5 Å². The molecule has 120 valence electrons. The maximum absolute atomic E-state index is 12.1. The van der Waals surface area contributed by atoms with E-state index >= 15 is 0 Å². The molecular formula is C19H16N2O3. The molecule has 0 aliphatic heterocycles. The Bertz CT molecular complexity index is 972. The van der Waals surface area contributed by atoms with Gasteiger partial charge in [-0.3, -0.25) is 0 Å². The van der Waals surface area contributed by atoms with Gasteiger partial charge in [-0.05, 0) is 42.3 Å². The van der Waals surface area contributed by atoms with Crippen molar-refractivity contribution in [2.75, 3.05) is 10.6 Å². The average molecular weight is 320 g/mol. The fourth-order valence-corrected chi connectivity index (χ4v) is 2.40. The minimum atomic E-state index is -0.413. The number of benzene rings is 2. The van der Waals surface area contributed by atoms with Crippen LogP contribution in [0.3, 0.4) is 0 Å². The first-order chi connectivity index (χ1) is 11.5. The molecule has 0 aliphatic carbocycles. The molecule has 5 nitrogen and oxygen atoms in total. The maximum Gasteiger partial charge on any atom is 0.336 e. The maximum atomic E-state index is 12.1. The fourth-order valence-electron chi connectivity index (χ4n) is 2.40. The molecule has 5 heteroatoms. The summed E-state index contributed by atoms with van der Waals surface area (Å²) in [4.78, 5) is 23.5. The van der Waals surface area contributed by atoms with E-state index < -0.39 is 5.63 Å². The summed E-state index contributed by atoms with van der Waals surface area (Å²) < 4.78 is 5.17. The molecule has 2 N–H and O–H groups in total. The van der Waals surface area contributed by atoms with Crippen molar-refractivity contribution in [3.05, 3.63) is 76.7 Å². The molecule has 3 aromatic rings. The zero-order valence-corrected chi connectivity index (χ0v) is 13.1. The first-order valence-electron chi connectivity index (χ1n) is 7.40. The largest absolute Gasteiger partial charge is 0.423 e. The van der Waals surface area contributed by atoms with Gasteiger partial charge in [-0.15, -0.1) is 0 Å². The Hall–Kier alpha value is -3.34. The third kappa shape index (κ3) is 3.35. The van der Waals surface area contributed by atoms with Crippen molar-refractivity contribution in [3.63, 3.8) is 0 Å². The van der Waals surface area contributed by atoms with Gasteiger partial charge >= 0.3 is 11.7 Å². The quantitative estimate of drug-likeness (QED) is 0.703. The van der Waals surface area contributed by atoms with Gasteiger partial charge in [-0.2, -0.15) is 0 Å². The summed E-state index contributed by atoms with van der Waals surface area (Å²) in [5.41, 5.74) is 3.04. The lowest BCUT2D eigenvalue weighted by Gasteiger charge is -2.09. The van der Waals surface area contributed by atoms with E-state index in [2.05, 4.69) is 17.2 Å². The standard InChI is InChI=1S/C19H16N2O3/c1-3-13-4-6-14(7-5-13)20-19(23)21-15-8-9-16-12(2)10-18(22)24-17(16)11-15/h3-11H,1H2,2H3,(H2,20,21,23). The number of hydrogen-bond donors (Lipinski definition) is 2. The van der Waals surface area contributed by atoms with Crippen LogP contribution in [0, 0.1) is 6.92 Å². The summed E-state index contributed by atoms with van der Waals surface area (Å²) in [6, 6.07) is 13.6. The van der Waals surface area contributed by atoms with Crippen molar-refractivity contribution >= 4 is 34.5 Å². The highest BCUT2D eigenvalue weighted by Crippen LogP contribution is 2.21. The molecule has 0 spiro atoms. The van der Waals surface area contributed by atoms with Crippen LogP contribution in [0.15, 0.2) is 64.3 Å². The van der Waals surface area contributed by atoms with E-state index in [4.69, 9.17) is 4.42 Å². The molecule has 0 radical (unpaired) electrons. The van der Waals surface area contributed by atoms with E-state index in [0.29, 0.717) is 17.0 Å². The van der Waals surface area contributed by atoms with Crippen LogP contribution in [-0.2, 0) is 0 Å². The highest BCUT2D eigenvalue weighted by atomic mass is 16.4. The number of urea groups is 1. The van der Waals surface area contributed by atoms with Crippen molar-refractivity contribution in [1.29, 1.82) is 0 Å². The molecule has 0 saturated carbocycles. The molecule has 24 heavy (non-hydrogen) atoms. The molecule has 2 amide bonds. The summed E-state index contributed by atoms with van der Waals surface area (Å²) in [7, 11) is 0. The zero-order valence-electron chi connectivity index (χ0n) is 13.1. The summed E-state index contributed by atoms with van der Waals surface area (Å²) >= 11 is 0. The predicted octanol–water partition coefficient (Wildman–Crippen LogP) is 4.39. The molecule has 2 aromatic carbocycles. The smallest absolute Gasteiger partial charge is 0.336 e. The average Bonchev–Trinajstić information content (AvgIpc) is 2.55. The first-order valence-corrected chi connectivity index (χ1v) is 7.40. The SMILES string of the molecule is C=Cc1ccc(NC(=O)Nc2ccc3c(C)cc(=O)oc3c2)cc1. The topological polar surface area (TPSA) is 71.3 Å². The number of nitrogens with one attached hydrogen (secondary N) is 2. The second-order valence-electron chi connectivity index (χ2n) is 5.36. The van der Waals surface area contributed by atoms with E-state index in [1.165, 1.54) is 6.07 Å². The normalized spacial score (nSPS) is 10.4. The number of rotatable bonds is 3. The first kappa shape index (κ1) is 15.6. The van der Waals surface area contributed by atoms with Crippen LogP contribution in [0.5, 0.6) is 0 Å². The molecule has 0 saturated heterocycles. The van der Waals surface area contributed by atoms with Crippen LogP contribution in [0.4, 0.5) is 16.2 Å². The Labute approximate surface area is 138 Å². The molecule has 1 aromatic heterocycles. The highest BCUT2D eigenvalue weighted by molar-refractivity contribution is 6.00. The van der Waals surface area contributed by atoms with Gasteiger partial charge in [0, 0.05) is 28.9 Å². The van der Waals surface area contributed by atoms with E-state index in [9.17, 15) is 9.59 Å². The van der Waals surface area contributed by atoms with Crippen molar-refractivity contribution in [2.24, 2.45) is 0 Å². The van der Waals surface area contributed by atoms with Gasteiger partial charge in [0.25, 0.3) is 0 Å². The number of amides is 2. The minimum absolute atomic E-state index is 0.379. The zero-order chi connectivity index (χ0) is 17.1. The summed E-state index contributed by atoms with van der Waals surface area (Å²) in [6.07, 6.45) is 1.73. The van der Waals surface area contributed by atoms with Crippen LogP contribution in [-0.4, -0.2) is 6.03 Å². The summed E-state index contributed by atoms with van der Waals surface area (Å²) in [5, 5.41) is 6.29. The summed E-state index contributed by atoms with van der Waals surface area (Å²) in [5.74, 6) is 0. The predicted molar refractivity (Wildman–Crippen MR) is 96.4 cm³/mol. The molecule has 0 bridgehead atoms. The number of anilines is 2. The van der Waals surface area contributed by atoms with Crippen molar-refractivity contribution in [1.82, 2.24) is 0 Å². The van der Waals surface area contributed by atoms with Crippen LogP contribution >= 0.6 is 0 Å². The molecule has 0 unspecified atom stereocenters. The molecule has 3 rings (SSSR count). The molecule has 0 atom stereocenters. The lowest BCUT2D eigenvalue weighted by molar-refractivity contribution is 0.262. The number of fused-ring (bicyclic) bond motifs is 1. The minimum Gasteiger partial charge on any atom is -0.423 e. The van der Waals surface area contributed by atoms with Gasteiger partial charge < -0.3 is 15.1 Å². The van der Waals surface area contributed by atoms with Gasteiger partial charge in [0.05, 0.1) is 0 Å². The van der Waals surface area contributed by atoms with E-state index in [1.54, 1.807) is 30.3 Å². The number of carbonyl (C=O) groups is 1. The Kier molecular flexibility index (Phi) is 4.16. The lowest BCUT2D eigenvalue weighted by atomic mass is 10.1. The number of aryl methyl sites for hydroxylation is 1. The van der Waals surface area contributed by atoms with Gasteiger partial charge in [-0.25, -0.2) is 9.59 Å². The monoisotopic (exact) mass is 320 g/mol. The third-order valence-electron chi connectivity index (χ3n) is 3.61. The molecule has 0 fully saturated rings. The second-order valence-corrected chi connectivity index (χ2v) is 5.36. The van der Waals surface area contributed by atoms with Crippen LogP contribution < -0.4 is 16.3 Å². The Morgan fingerprint density at radius 3 is 2.42 bits per heavy atom.